The number of hydrogen-bond donors (Lipinski definition) is 0. The van der Waals surface area contributed by atoms with Crippen LogP contribution in [0.3, 0.4) is 0 Å². The maximum absolute atomic E-state index is 8.54. The van der Waals surface area contributed by atoms with E-state index in [0.717, 1.165) is 30.0 Å². The molecule has 3 heteroatoms. The Morgan fingerprint density at radius 3 is 2.35 bits per heavy atom. The largest absolute Gasteiger partial charge is 0.496 e. The quantitative estimate of drug-likeness (QED) is 0.783. The molecule has 1 rings (SSSR count). The summed E-state index contributed by atoms with van der Waals surface area (Å²) in [5.74, 6) is 0.966. The third-order valence-electron chi connectivity index (χ3n) is 2.78. The topological polar surface area (TPSA) is 36.3 Å². The van der Waals surface area contributed by atoms with E-state index in [0.29, 0.717) is 6.42 Å². The Kier molecular flexibility index (Phi) is 4.99. The number of nitrogens with zero attached hydrogens (tertiary/aromatic N) is 2. The van der Waals surface area contributed by atoms with Crippen molar-refractivity contribution in [3.8, 4) is 11.8 Å². The first-order chi connectivity index (χ1) is 8.08. The molecule has 0 aliphatic rings. The zero-order valence-corrected chi connectivity index (χ0v) is 11.1. The number of aryl methyl sites for hydroxylation is 2. The van der Waals surface area contributed by atoms with Gasteiger partial charge in [0.25, 0.3) is 0 Å². The molecule has 0 fully saturated rings. The lowest BCUT2D eigenvalue weighted by atomic mass is 10.1. The monoisotopic (exact) mass is 232 g/mol. The van der Waals surface area contributed by atoms with Gasteiger partial charge in [0, 0.05) is 19.5 Å². The van der Waals surface area contributed by atoms with Crippen LogP contribution in [0.2, 0.25) is 0 Å². The third kappa shape index (κ3) is 3.76. The molecule has 17 heavy (non-hydrogen) atoms. The maximum atomic E-state index is 8.54. The average molecular weight is 232 g/mol. The highest BCUT2D eigenvalue weighted by Gasteiger charge is 2.06. The standard InChI is InChI=1S/C14H20N2O/c1-11-8-13(9-12(2)14(11)17-4)10-16(3)7-5-6-15/h8-9H,5,7,10H2,1-4H3. The van der Waals surface area contributed by atoms with Crippen LogP contribution < -0.4 is 4.74 Å². The molecule has 0 saturated carbocycles. The highest BCUT2D eigenvalue weighted by atomic mass is 16.5. The molecule has 0 saturated heterocycles. The Hall–Kier alpha value is -1.53. The van der Waals surface area contributed by atoms with Gasteiger partial charge in [0.2, 0.25) is 0 Å². The predicted octanol–water partition coefficient (Wildman–Crippen LogP) is 2.66. The van der Waals surface area contributed by atoms with E-state index >= 15 is 0 Å². The molecule has 0 spiro atoms. The predicted molar refractivity (Wildman–Crippen MR) is 69.0 cm³/mol. The first-order valence-electron chi connectivity index (χ1n) is 5.78. The zero-order chi connectivity index (χ0) is 12.8. The van der Waals surface area contributed by atoms with Crippen molar-refractivity contribution in [1.82, 2.24) is 4.90 Å². The van der Waals surface area contributed by atoms with Crippen LogP contribution in [0.15, 0.2) is 12.1 Å². The van der Waals surface area contributed by atoms with Crippen molar-refractivity contribution in [2.24, 2.45) is 0 Å². The van der Waals surface area contributed by atoms with Gasteiger partial charge in [-0.1, -0.05) is 12.1 Å². The molecule has 0 atom stereocenters. The lowest BCUT2D eigenvalue weighted by Crippen LogP contribution is -2.18. The Morgan fingerprint density at radius 2 is 1.88 bits per heavy atom. The van der Waals surface area contributed by atoms with Gasteiger partial charge in [-0.15, -0.1) is 0 Å². The molecule has 0 aromatic heterocycles. The molecule has 3 nitrogen and oxygen atoms in total. The number of benzene rings is 1. The van der Waals surface area contributed by atoms with Gasteiger partial charge in [0.15, 0.2) is 0 Å². The Balaban J connectivity index is 2.76. The van der Waals surface area contributed by atoms with Gasteiger partial charge >= 0.3 is 0 Å². The molecule has 0 unspecified atom stereocenters. The van der Waals surface area contributed by atoms with Crippen LogP contribution in [0.5, 0.6) is 5.75 Å². The number of ether oxygens (including phenoxy) is 1. The summed E-state index contributed by atoms with van der Waals surface area (Å²) >= 11 is 0. The molecular formula is C14H20N2O. The molecule has 0 amide bonds. The summed E-state index contributed by atoms with van der Waals surface area (Å²) in [4.78, 5) is 2.16. The second-order valence-corrected chi connectivity index (χ2v) is 4.41. The second-order valence-electron chi connectivity index (χ2n) is 4.41. The first-order valence-corrected chi connectivity index (χ1v) is 5.78. The van der Waals surface area contributed by atoms with Crippen LogP contribution >= 0.6 is 0 Å². The summed E-state index contributed by atoms with van der Waals surface area (Å²) < 4.78 is 5.34. The van der Waals surface area contributed by atoms with Crippen LogP contribution in [0, 0.1) is 25.2 Å². The van der Waals surface area contributed by atoms with E-state index in [9.17, 15) is 0 Å². The molecule has 0 radical (unpaired) electrons. The van der Waals surface area contributed by atoms with Gasteiger partial charge < -0.3 is 9.64 Å². The fourth-order valence-corrected chi connectivity index (χ4v) is 2.08. The SMILES string of the molecule is COc1c(C)cc(CN(C)CCC#N)cc1C. The molecule has 0 aliphatic carbocycles. The molecule has 0 N–H and O–H groups in total. The van der Waals surface area contributed by atoms with E-state index in [4.69, 9.17) is 10.00 Å². The van der Waals surface area contributed by atoms with Crippen molar-refractivity contribution in [3.05, 3.63) is 28.8 Å². The summed E-state index contributed by atoms with van der Waals surface area (Å²) in [7, 11) is 3.74. The lowest BCUT2D eigenvalue weighted by molar-refractivity contribution is 0.334. The summed E-state index contributed by atoms with van der Waals surface area (Å²) in [6.45, 7) is 5.79. The minimum absolute atomic E-state index is 0.574. The smallest absolute Gasteiger partial charge is 0.124 e. The van der Waals surface area contributed by atoms with Crippen LogP contribution in [-0.2, 0) is 6.54 Å². The summed E-state index contributed by atoms with van der Waals surface area (Å²) in [6, 6.07) is 6.46. The van der Waals surface area contributed by atoms with E-state index in [1.165, 1.54) is 5.56 Å². The zero-order valence-electron chi connectivity index (χ0n) is 11.1. The van der Waals surface area contributed by atoms with Gasteiger partial charge in [-0.3, -0.25) is 0 Å². The van der Waals surface area contributed by atoms with Crippen molar-refractivity contribution in [2.45, 2.75) is 26.8 Å². The Morgan fingerprint density at radius 1 is 1.29 bits per heavy atom. The van der Waals surface area contributed by atoms with Crippen molar-refractivity contribution >= 4 is 0 Å². The van der Waals surface area contributed by atoms with Crippen molar-refractivity contribution in [1.29, 1.82) is 5.26 Å². The van der Waals surface area contributed by atoms with E-state index in [2.05, 4.69) is 36.9 Å². The number of hydrogen-bond acceptors (Lipinski definition) is 3. The average Bonchev–Trinajstić information content (AvgIpc) is 2.26. The van der Waals surface area contributed by atoms with Crippen LogP contribution in [0.25, 0.3) is 0 Å². The van der Waals surface area contributed by atoms with Gasteiger partial charge in [0.05, 0.1) is 13.2 Å². The minimum atomic E-state index is 0.574. The fourth-order valence-electron chi connectivity index (χ4n) is 2.08. The highest BCUT2D eigenvalue weighted by molar-refractivity contribution is 5.43. The van der Waals surface area contributed by atoms with Crippen molar-refractivity contribution < 1.29 is 4.74 Å². The lowest BCUT2D eigenvalue weighted by Gasteiger charge is -2.17. The van der Waals surface area contributed by atoms with Crippen LogP contribution in [0.4, 0.5) is 0 Å². The molecule has 0 aliphatic heterocycles. The number of methoxy groups -OCH3 is 1. The van der Waals surface area contributed by atoms with Crippen LogP contribution in [-0.4, -0.2) is 25.6 Å². The summed E-state index contributed by atoms with van der Waals surface area (Å²) in [6.07, 6.45) is 0.574. The fraction of sp³-hybridized carbons (Fsp3) is 0.500. The number of rotatable bonds is 5. The van der Waals surface area contributed by atoms with Gasteiger partial charge in [-0.05, 0) is 37.6 Å². The van der Waals surface area contributed by atoms with Crippen molar-refractivity contribution in [3.63, 3.8) is 0 Å². The highest BCUT2D eigenvalue weighted by Crippen LogP contribution is 2.24. The molecule has 0 bridgehead atoms. The van der Waals surface area contributed by atoms with Gasteiger partial charge in [-0.2, -0.15) is 5.26 Å². The van der Waals surface area contributed by atoms with Crippen molar-refractivity contribution in [2.75, 3.05) is 20.7 Å². The van der Waals surface area contributed by atoms with E-state index in [1.54, 1.807) is 7.11 Å². The molecule has 1 aromatic carbocycles. The first kappa shape index (κ1) is 13.5. The summed E-state index contributed by atoms with van der Waals surface area (Å²) in [5.41, 5.74) is 3.59. The van der Waals surface area contributed by atoms with E-state index in [1.807, 2.05) is 7.05 Å². The van der Waals surface area contributed by atoms with Gasteiger partial charge in [-0.25, -0.2) is 0 Å². The van der Waals surface area contributed by atoms with E-state index < -0.39 is 0 Å². The molecule has 92 valence electrons. The molecule has 0 heterocycles. The van der Waals surface area contributed by atoms with Gasteiger partial charge in [0.1, 0.15) is 5.75 Å². The second kappa shape index (κ2) is 6.27. The third-order valence-corrected chi connectivity index (χ3v) is 2.78. The normalized spacial score (nSPS) is 10.4. The number of nitriles is 1. The Bertz CT molecular complexity index is 398. The van der Waals surface area contributed by atoms with E-state index in [-0.39, 0.29) is 0 Å². The maximum Gasteiger partial charge on any atom is 0.124 e. The minimum Gasteiger partial charge on any atom is -0.496 e. The molecule has 1 aromatic rings. The Labute approximate surface area is 104 Å². The summed E-state index contributed by atoms with van der Waals surface area (Å²) in [5, 5.41) is 8.54. The van der Waals surface area contributed by atoms with Crippen LogP contribution in [0.1, 0.15) is 23.1 Å². The molecular weight excluding hydrogens is 212 g/mol.